The molecule has 0 unspecified atom stereocenters. The fourth-order valence-corrected chi connectivity index (χ4v) is 2.30. The maximum atomic E-state index is 5.24. The lowest BCUT2D eigenvalue weighted by Crippen LogP contribution is -1.86. The van der Waals surface area contributed by atoms with Crippen LogP contribution in [-0.2, 0) is 6.42 Å². The minimum absolute atomic E-state index is 0.937. The average Bonchev–Trinajstić information content (AvgIpc) is 2.99. The molecule has 0 saturated carbocycles. The molecule has 0 aliphatic heterocycles. The molecule has 1 aromatic heterocycles. The van der Waals surface area contributed by atoms with Crippen molar-refractivity contribution < 1.29 is 4.74 Å². The number of H-pyrrole nitrogens is 1. The number of hydrogen-bond acceptors (Lipinski definition) is 2. The highest BCUT2D eigenvalue weighted by Gasteiger charge is 2.16. The van der Waals surface area contributed by atoms with E-state index in [9.17, 15) is 0 Å². The van der Waals surface area contributed by atoms with Gasteiger partial charge in [0.2, 0.25) is 0 Å². The van der Waals surface area contributed by atoms with Crippen molar-refractivity contribution in [3.63, 3.8) is 0 Å². The number of aromatic amines is 1. The Hall–Kier alpha value is -2.03. The molecule has 0 saturated heterocycles. The number of fused-ring (bicyclic) bond motifs is 1. The molecular weight excluding hydrogens is 212 g/mol. The van der Waals surface area contributed by atoms with Crippen LogP contribution in [0.1, 0.15) is 23.2 Å². The van der Waals surface area contributed by atoms with Gasteiger partial charge in [-0.05, 0) is 47.8 Å². The van der Waals surface area contributed by atoms with Crippen molar-refractivity contribution in [1.29, 1.82) is 0 Å². The lowest BCUT2D eigenvalue weighted by atomic mass is 10.1. The Bertz CT molecular complexity index is 556. The molecule has 2 aromatic rings. The molecule has 1 aliphatic rings. The third kappa shape index (κ3) is 1.84. The summed E-state index contributed by atoms with van der Waals surface area (Å²) in [4.78, 5) is 7.13. The number of rotatable bonds is 2. The van der Waals surface area contributed by atoms with Crippen molar-refractivity contribution in [2.45, 2.75) is 12.8 Å². The molecule has 0 fully saturated rings. The molecular formula is C14H14N2O. The normalized spacial score (nSPS) is 16.2. The Morgan fingerprint density at radius 3 is 3.06 bits per heavy atom. The SMILES string of the molecule is COc1ccc2c(c1)CCC2=Cc1cnc[nH]1. The fourth-order valence-electron chi connectivity index (χ4n) is 2.30. The van der Waals surface area contributed by atoms with E-state index < -0.39 is 0 Å². The number of imidazole rings is 1. The smallest absolute Gasteiger partial charge is 0.119 e. The van der Waals surface area contributed by atoms with Crippen LogP contribution in [0.5, 0.6) is 5.75 Å². The summed E-state index contributed by atoms with van der Waals surface area (Å²) in [7, 11) is 1.71. The zero-order valence-corrected chi connectivity index (χ0v) is 9.73. The molecule has 3 nitrogen and oxygen atoms in total. The number of methoxy groups -OCH3 is 1. The fraction of sp³-hybridized carbons (Fsp3) is 0.214. The molecule has 1 aromatic carbocycles. The van der Waals surface area contributed by atoms with Crippen LogP contribution in [-0.4, -0.2) is 17.1 Å². The first kappa shape index (κ1) is 10.1. The van der Waals surface area contributed by atoms with Gasteiger partial charge in [-0.15, -0.1) is 0 Å². The van der Waals surface area contributed by atoms with Crippen LogP contribution in [0, 0.1) is 0 Å². The zero-order valence-electron chi connectivity index (χ0n) is 9.73. The predicted octanol–water partition coefficient (Wildman–Crippen LogP) is 2.91. The van der Waals surface area contributed by atoms with Crippen LogP contribution < -0.4 is 4.74 Å². The van der Waals surface area contributed by atoms with E-state index in [2.05, 4.69) is 28.2 Å². The highest BCUT2D eigenvalue weighted by molar-refractivity contribution is 5.84. The Morgan fingerprint density at radius 1 is 1.35 bits per heavy atom. The van der Waals surface area contributed by atoms with E-state index in [1.54, 1.807) is 13.4 Å². The van der Waals surface area contributed by atoms with Crippen LogP contribution in [0.25, 0.3) is 11.6 Å². The van der Waals surface area contributed by atoms with Crippen molar-refractivity contribution in [3.8, 4) is 5.75 Å². The van der Waals surface area contributed by atoms with Crippen LogP contribution in [0.4, 0.5) is 0 Å². The maximum Gasteiger partial charge on any atom is 0.119 e. The van der Waals surface area contributed by atoms with Crippen molar-refractivity contribution in [2.75, 3.05) is 7.11 Å². The first-order valence-electron chi connectivity index (χ1n) is 5.73. The van der Waals surface area contributed by atoms with Crippen molar-refractivity contribution in [1.82, 2.24) is 9.97 Å². The molecule has 3 heteroatoms. The summed E-state index contributed by atoms with van der Waals surface area (Å²) < 4.78 is 5.24. The van der Waals surface area contributed by atoms with Gasteiger partial charge < -0.3 is 9.72 Å². The Kier molecular flexibility index (Phi) is 2.44. The summed E-state index contributed by atoms with van der Waals surface area (Å²) in [5.41, 5.74) is 5.13. The topological polar surface area (TPSA) is 37.9 Å². The van der Waals surface area contributed by atoms with Gasteiger partial charge in [0, 0.05) is 0 Å². The highest BCUT2D eigenvalue weighted by atomic mass is 16.5. The molecule has 1 N–H and O–H groups in total. The van der Waals surface area contributed by atoms with Crippen molar-refractivity contribution in [2.24, 2.45) is 0 Å². The third-order valence-corrected chi connectivity index (χ3v) is 3.17. The van der Waals surface area contributed by atoms with Gasteiger partial charge in [-0.25, -0.2) is 4.98 Å². The number of allylic oxidation sites excluding steroid dienone is 1. The minimum Gasteiger partial charge on any atom is -0.497 e. The molecule has 0 atom stereocenters. The first-order chi connectivity index (χ1) is 8.36. The van der Waals surface area contributed by atoms with E-state index in [0.29, 0.717) is 0 Å². The van der Waals surface area contributed by atoms with Crippen LogP contribution in [0.15, 0.2) is 30.7 Å². The Morgan fingerprint density at radius 2 is 2.29 bits per heavy atom. The van der Waals surface area contributed by atoms with Crippen LogP contribution in [0.3, 0.4) is 0 Å². The number of nitrogens with zero attached hydrogens (tertiary/aromatic N) is 1. The van der Waals surface area contributed by atoms with E-state index in [-0.39, 0.29) is 0 Å². The quantitative estimate of drug-likeness (QED) is 0.855. The molecule has 0 amide bonds. The Labute approximate surface area is 100 Å². The van der Waals surface area contributed by atoms with Gasteiger partial charge in [-0.1, -0.05) is 6.07 Å². The van der Waals surface area contributed by atoms with E-state index in [1.807, 2.05) is 12.3 Å². The third-order valence-electron chi connectivity index (χ3n) is 3.17. The monoisotopic (exact) mass is 226 g/mol. The second-order valence-electron chi connectivity index (χ2n) is 4.20. The first-order valence-corrected chi connectivity index (χ1v) is 5.73. The van der Waals surface area contributed by atoms with E-state index in [0.717, 1.165) is 24.3 Å². The van der Waals surface area contributed by atoms with Gasteiger partial charge in [0.05, 0.1) is 25.3 Å². The molecule has 17 heavy (non-hydrogen) atoms. The van der Waals surface area contributed by atoms with Gasteiger partial charge in [-0.3, -0.25) is 0 Å². The number of hydrogen-bond donors (Lipinski definition) is 1. The maximum absolute atomic E-state index is 5.24. The van der Waals surface area contributed by atoms with E-state index in [1.165, 1.54) is 16.7 Å². The zero-order chi connectivity index (χ0) is 11.7. The lowest BCUT2D eigenvalue weighted by molar-refractivity contribution is 0.414. The van der Waals surface area contributed by atoms with Gasteiger partial charge >= 0.3 is 0 Å². The largest absolute Gasteiger partial charge is 0.497 e. The summed E-state index contributed by atoms with van der Waals surface area (Å²) >= 11 is 0. The molecule has 1 heterocycles. The summed E-state index contributed by atoms with van der Waals surface area (Å²) in [6, 6.07) is 6.29. The van der Waals surface area contributed by atoms with Gasteiger partial charge in [0.15, 0.2) is 0 Å². The van der Waals surface area contributed by atoms with Crippen molar-refractivity contribution in [3.05, 3.63) is 47.5 Å². The number of nitrogens with one attached hydrogen (secondary N) is 1. The molecule has 0 bridgehead atoms. The Balaban J connectivity index is 1.99. The number of ether oxygens (including phenoxy) is 1. The van der Waals surface area contributed by atoms with Crippen molar-refractivity contribution >= 4 is 11.6 Å². The minimum atomic E-state index is 0.937. The van der Waals surface area contributed by atoms with Gasteiger partial charge in [0.1, 0.15) is 5.75 Å². The number of aromatic nitrogens is 2. The van der Waals surface area contributed by atoms with E-state index >= 15 is 0 Å². The molecule has 0 radical (unpaired) electrons. The summed E-state index contributed by atoms with van der Waals surface area (Å²) in [6.07, 6.45) is 7.89. The lowest BCUT2D eigenvalue weighted by Gasteiger charge is -2.04. The second kappa shape index (κ2) is 4.09. The average molecular weight is 226 g/mol. The van der Waals surface area contributed by atoms with Crippen LogP contribution in [0.2, 0.25) is 0 Å². The number of benzene rings is 1. The molecule has 3 rings (SSSR count). The molecule has 0 spiro atoms. The van der Waals surface area contributed by atoms with E-state index in [4.69, 9.17) is 4.74 Å². The number of aryl methyl sites for hydroxylation is 1. The summed E-state index contributed by atoms with van der Waals surface area (Å²) in [5, 5.41) is 0. The van der Waals surface area contributed by atoms with Gasteiger partial charge in [0.25, 0.3) is 0 Å². The van der Waals surface area contributed by atoms with Gasteiger partial charge in [-0.2, -0.15) is 0 Å². The highest BCUT2D eigenvalue weighted by Crippen LogP contribution is 2.35. The predicted molar refractivity (Wildman–Crippen MR) is 67.8 cm³/mol. The molecule has 1 aliphatic carbocycles. The second-order valence-corrected chi connectivity index (χ2v) is 4.20. The summed E-state index contributed by atoms with van der Waals surface area (Å²) in [6.45, 7) is 0. The molecule has 86 valence electrons. The summed E-state index contributed by atoms with van der Waals surface area (Å²) in [5.74, 6) is 0.937. The standard InChI is InChI=1S/C14H14N2O/c1-17-13-4-5-14-10(2-3-11(14)7-13)6-12-8-15-9-16-12/h4-9H,2-3H2,1H3,(H,15,16). The van der Waals surface area contributed by atoms with Crippen LogP contribution >= 0.6 is 0 Å².